The molecule has 0 aromatic heterocycles. The first-order valence-electron chi connectivity index (χ1n) is 8.84. The van der Waals surface area contributed by atoms with Gasteiger partial charge in [0.25, 0.3) is 0 Å². The van der Waals surface area contributed by atoms with Gasteiger partial charge in [-0.05, 0) is 43.1 Å². The quantitative estimate of drug-likeness (QED) is 0.884. The first-order valence-corrected chi connectivity index (χ1v) is 8.84. The maximum absolute atomic E-state index is 12.7. The third kappa shape index (κ3) is 3.63. The van der Waals surface area contributed by atoms with Gasteiger partial charge in [-0.1, -0.05) is 50.1 Å². The molecule has 1 N–H and O–H groups in total. The molecule has 22 heavy (non-hydrogen) atoms. The number of amides is 2. The van der Waals surface area contributed by atoms with Crippen molar-refractivity contribution in [3.05, 3.63) is 35.9 Å². The number of hydrogen-bond acceptors (Lipinski definition) is 1. The largest absolute Gasteiger partial charge is 0.331 e. The molecule has 0 radical (unpaired) electrons. The molecule has 0 spiro atoms. The van der Waals surface area contributed by atoms with E-state index in [2.05, 4.69) is 36.5 Å². The van der Waals surface area contributed by atoms with E-state index in [4.69, 9.17) is 0 Å². The molecule has 2 amide bonds. The van der Waals surface area contributed by atoms with Crippen molar-refractivity contribution in [1.29, 1.82) is 0 Å². The summed E-state index contributed by atoms with van der Waals surface area (Å²) in [5, 5.41) is 3.35. The van der Waals surface area contributed by atoms with Crippen LogP contribution in [0.1, 0.15) is 57.1 Å². The van der Waals surface area contributed by atoms with Gasteiger partial charge in [-0.25, -0.2) is 4.79 Å². The first-order chi connectivity index (χ1) is 10.7. The normalized spacial score (nSPS) is 21.8. The maximum atomic E-state index is 12.7. The number of nitrogens with one attached hydrogen (secondary N) is 1. The molecule has 1 saturated carbocycles. The molecule has 2 fully saturated rings. The van der Waals surface area contributed by atoms with E-state index in [-0.39, 0.29) is 12.1 Å². The molecule has 3 nitrogen and oxygen atoms in total. The van der Waals surface area contributed by atoms with E-state index in [9.17, 15) is 4.79 Å². The molecule has 1 aromatic rings. The van der Waals surface area contributed by atoms with Crippen LogP contribution in [0.5, 0.6) is 0 Å². The van der Waals surface area contributed by atoms with E-state index < -0.39 is 0 Å². The number of hydrogen-bond donors (Lipinski definition) is 1. The van der Waals surface area contributed by atoms with Gasteiger partial charge in [0.15, 0.2) is 0 Å². The Kier molecular flexibility index (Phi) is 5.01. The Bertz CT molecular complexity index is 473. The topological polar surface area (TPSA) is 32.3 Å². The van der Waals surface area contributed by atoms with Gasteiger partial charge in [-0.15, -0.1) is 0 Å². The minimum Gasteiger partial charge on any atom is -0.331 e. The standard InChI is InChI=1S/C19H28N2O/c1-15-11-13-21(14-12-15)19(22)20-18(17-9-5-6-10-17)16-7-3-2-4-8-16/h2-4,7-8,15,17-18H,5-6,9-14H2,1H3,(H,20,22). The van der Waals surface area contributed by atoms with E-state index in [0.29, 0.717) is 5.92 Å². The van der Waals surface area contributed by atoms with Crippen LogP contribution in [0.2, 0.25) is 0 Å². The molecule has 1 aromatic carbocycles. The van der Waals surface area contributed by atoms with Crippen LogP contribution in [0.15, 0.2) is 30.3 Å². The Morgan fingerprint density at radius 3 is 2.36 bits per heavy atom. The summed E-state index contributed by atoms with van der Waals surface area (Å²) in [6.07, 6.45) is 7.32. The molecule has 120 valence electrons. The SMILES string of the molecule is CC1CCN(C(=O)NC(c2ccccc2)C2CCCC2)CC1. The summed E-state index contributed by atoms with van der Waals surface area (Å²) in [7, 11) is 0. The summed E-state index contributed by atoms with van der Waals surface area (Å²) in [4.78, 5) is 14.7. The van der Waals surface area contributed by atoms with Gasteiger partial charge in [-0.3, -0.25) is 0 Å². The molecule has 3 heteroatoms. The molecule has 3 rings (SSSR count). The highest BCUT2D eigenvalue weighted by molar-refractivity contribution is 5.74. The molecule has 0 bridgehead atoms. The lowest BCUT2D eigenvalue weighted by Gasteiger charge is -2.33. The van der Waals surface area contributed by atoms with Crippen molar-refractivity contribution in [1.82, 2.24) is 10.2 Å². The summed E-state index contributed by atoms with van der Waals surface area (Å²) in [6.45, 7) is 4.08. The summed E-state index contributed by atoms with van der Waals surface area (Å²) in [5.74, 6) is 1.35. The summed E-state index contributed by atoms with van der Waals surface area (Å²) < 4.78 is 0. The molecule has 1 atom stereocenters. The minimum absolute atomic E-state index is 0.132. The Labute approximate surface area is 134 Å². The fourth-order valence-corrected chi connectivity index (χ4v) is 3.86. The van der Waals surface area contributed by atoms with Gasteiger partial charge < -0.3 is 10.2 Å². The van der Waals surface area contributed by atoms with E-state index >= 15 is 0 Å². The number of likely N-dealkylation sites (tertiary alicyclic amines) is 1. The summed E-state index contributed by atoms with van der Waals surface area (Å²) >= 11 is 0. The van der Waals surface area contributed by atoms with Gasteiger partial charge in [-0.2, -0.15) is 0 Å². The van der Waals surface area contributed by atoms with Gasteiger partial charge in [0.1, 0.15) is 0 Å². The smallest absolute Gasteiger partial charge is 0.317 e. The van der Waals surface area contributed by atoms with Crippen molar-refractivity contribution in [3.8, 4) is 0 Å². The van der Waals surface area contributed by atoms with Crippen LogP contribution in [-0.2, 0) is 0 Å². The molecule has 1 aliphatic carbocycles. The number of nitrogens with zero attached hydrogens (tertiary/aromatic N) is 1. The molecule has 2 aliphatic rings. The lowest BCUT2D eigenvalue weighted by atomic mass is 9.91. The number of benzene rings is 1. The Morgan fingerprint density at radius 1 is 1.09 bits per heavy atom. The van der Waals surface area contributed by atoms with E-state index in [1.165, 1.54) is 31.2 Å². The zero-order valence-corrected chi connectivity index (χ0v) is 13.6. The van der Waals surface area contributed by atoms with Gasteiger partial charge in [0, 0.05) is 13.1 Å². The highest BCUT2D eigenvalue weighted by Gasteiger charge is 2.29. The number of carbonyl (C=O) groups is 1. The Balaban J connectivity index is 1.68. The fraction of sp³-hybridized carbons (Fsp3) is 0.632. The molecular formula is C19H28N2O. The van der Waals surface area contributed by atoms with Crippen LogP contribution >= 0.6 is 0 Å². The summed E-state index contributed by atoms with van der Waals surface area (Å²) in [5.41, 5.74) is 1.26. The van der Waals surface area contributed by atoms with Crippen LogP contribution < -0.4 is 5.32 Å². The van der Waals surface area contributed by atoms with Crippen LogP contribution in [0, 0.1) is 11.8 Å². The van der Waals surface area contributed by atoms with Crippen molar-refractivity contribution in [3.63, 3.8) is 0 Å². The Hall–Kier alpha value is -1.51. The van der Waals surface area contributed by atoms with Crippen LogP contribution in [-0.4, -0.2) is 24.0 Å². The van der Waals surface area contributed by atoms with E-state index in [1.54, 1.807) is 0 Å². The highest BCUT2D eigenvalue weighted by Crippen LogP contribution is 2.35. The van der Waals surface area contributed by atoms with Crippen LogP contribution in [0.4, 0.5) is 4.79 Å². The summed E-state index contributed by atoms with van der Waals surface area (Å²) in [6, 6.07) is 10.8. The van der Waals surface area contributed by atoms with Crippen LogP contribution in [0.25, 0.3) is 0 Å². The van der Waals surface area contributed by atoms with Gasteiger partial charge in [0.2, 0.25) is 0 Å². The molecule has 1 saturated heterocycles. The van der Waals surface area contributed by atoms with Gasteiger partial charge >= 0.3 is 6.03 Å². The molecule has 1 unspecified atom stereocenters. The Morgan fingerprint density at radius 2 is 1.73 bits per heavy atom. The van der Waals surface area contributed by atoms with E-state index in [1.807, 2.05) is 11.0 Å². The zero-order valence-electron chi connectivity index (χ0n) is 13.6. The predicted octanol–water partition coefficient (Wildman–Crippen LogP) is 4.36. The third-order valence-electron chi connectivity index (χ3n) is 5.38. The number of rotatable bonds is 3. The lowest BCUT2D eigenvalue weighted by molar-refractivity contribution is 0.166. The second kappa shape index (κ2) is 7.17. The zero-order chi connectivity index (χ0) is 15.4. The lowest BCUT2D eigenvalue weighted by Crippen LogP contribution is -2.46. The van der Waals surface area contributed by atoms with Gasteiger partial charge in [0.05, 0.1) is 6.04 Å². The third-order valence-corrected chi connectivity index (χ3v) is 5.38. The number of urea groups is 1. The second-order valence-corrected chi connectivity index (χ2v) is 7.05. The number of piperidine rings is 1. The fourth-order valence-electron chi connectivity index (χ4n) is 3.86. The average Bonchev–Trinajstić information content (AvgIpc) is 3.08. The second-order valence-electron chi connectivity index (χ2n) is 7.05. The number of carbonyl (C=O) groups excluding carboxylic acids is 1. The van der Waals surface area contributed by atoms with Crippen molar-refractivity contribution in [2.45, 2.75) is 51.5 Å². The van der Waals surface area contributed by atoms with Crippen molar-refractivity contribution < 1.29 is 4.79 Å². The average molecular weight is 300 g/mol. The van der Waals surface area contributed by atoms with Crippen LogP contribution in [0.3, 0.4) is 0 Å². The molecular weight excluding hydrogens is 272 g/mol. The molecule has 1 aliphatic heterocycles. The highest BCUT2D eigenvalue weighted by atomic mass is 16.2. The van der Waals surface area contributed by atoms with E-state index in [0.717, 1.165) is 31.8 Å². The maximum Gasteiger partial charge on any atom is 0.317 e. The minimum atomic E-state index is 0.132. The molecule has 1 heterocycles. The van der Waals surface area contributed by atoms with Crippen molar-refractivity contribution in [2.75, 3.05) is 13.1 Å². The van der Waals surface area contributed by atoms with Crippen molar-refractivity contribution >= 4 is 6.03 Å². The van der Waals surface area contributed by atoms with Crippen molar-refractivity contribution in [2.24, 2.45) is 11.8 Å². The monoisotopic (exact) mass is 300 g/mol. The first kappa shape index (κ1) is 15.4. The predicted molar refractivity (Wildman–Crippen MR) is 89.6 cm³/mol.